The van der Waals surface area contributed by atoms with E-state index in [1.807, 2.05) is 4.90 Å². The van der Waals surface area contributed by atoms with Crippen LogP contribution >= 0.6 is 0 Å². The largest absolute Gasteiger partial charge is 0.455 e. The Morgan fingerprint density at radius 2 is 1.83 bits per heavy atom. The van der Waals surface area contributed by atoms with E-state index in [0.29, 0.717) is 23.9 Å². The zero-order valence-corrected chi connectivity index (χ0v) is 17.4. The molecule has 0 spiro atoms. The van der Waals surface area contributed by atoms with Gasteiger partial charge in [-0.2, -0.15) is 0 Å². The Balaban J connectivity index is 1.43. The summed E-state index contributed by atoms with van der Waals surface area (Å²) in [6.45, 7) is 4.20. The first-order valence-corrected chi connectivity index (χ1v) is 10.5. The number of amides is 3. The summed E-state index contributed by atoms with van der Waals surface area (Å²) in [6.07, 6.45) is 3.33. The Morgan fingerprint density at radius 1 is 1.10 bits per heavy atom. The van der Waals surface area contributed by atoms with Crippen molar-refractivity contribution in [2.45, 2.75) is 45.6 Å². The Bertz CT molecular complexity index is 797. The fourth-order valence-corrected chi connectivity index (χ4v) is 4.28. The Hall–Kier alpha value is -2.90. The zero-order valence-electron chi connectivity index (χ0n) is 17.4. The SMILES string of the molecule is C[C@@H]1[C@H](C)CCC[C@H]1N1C[C@H](C(=O)OCC(=O)NNC(=O)c2ccccc2)CC1=O. The summed E-state index contributed by atoms with van der Waals surface area (Å²) in [5.74, 6) is -1.32. The minimum Gasteiger partial charge on any atom is -0.455 e. The Labute approximate surface area is 176 Å². The number of carbonyl (C=O) groups excluding carboxylic acids is 4. The van der Waals surface area contributed by atoms with Gasteiger partial charge in [0.05, 0.1) is 5.92 Å². The maximum Gasteiger partial charge on any atom is 0.311 e. The van der Waals surface area contributed by atoms with Crippen LogP contribution in [0.1, 0.15) is 49.9 Å². The van der Waals surface area contributed by atoms with Gasteiger partial charge in [0.25, 0.3) is 11.8 Å². The van der Waals surface area contributed by atoms with Gasteiger partial charge in [-0.3, -0.25) is 30.0 Å². The number of nitrogens with zero attached hydrogens (tertiary/aromatic N) is 1. The molecule has 1 aromatic carbocycles. The molecule has 0 bridgehead atoms. The lowest BCUT2D eigenvalue weighted by Crippen LogP contribution is -2.45. The first kappa shape index (κ1) is 21.8. The average Bonchev–Trinajstić information content (AvgIpc) is 3.14. The lowest BCUT2D eigenvalue weighted by Gasteiger charge is -2.39. The average molecular weight is 415 g/mol. The topological polar surface area (TPSA) is 105 Å². The van der Waals surface area contributed by atoms with Crippen LogP contribution in [0.25, 0.3) is 0 Å². The van der Waals surface area contributed by atoms with E-state index < -0.39 is 30.3 Å². The molecule has 8 heteroatoms. The zero-order chi connectivity index (χ0) is 21.7. The Morgan fingerprint density at radius 3 is 2.57 bits per heavy atom. The fraction of sp³-hybridized carbons (Fsp3) is 0.545. The first-order chi connectivity index (χ1) is 14.4. The van der Waals surface area contributed by atoms with Gasteiger partial charge in [0, 0.05) is 24.6 Å². The van der Waals surface area contributed by atoms with Crippen LogP contribution in [0.4, 0.5) is 0 Å². The lowest BCUT2D eigenvalue weighted by atomic mass is 9.77. The number of benzene rings is 1. The van der Waals surface area contributed by atoms with Crippen LogP contribution in [-0.4, -0.2) is 47.8 Å². The van der Waals surface area contributed by atoms with Crippen LogP contribution in [-0.2, 0) is 19.1 Å². The molecule has 0 aromatic heterocycles. The van der Waals surface area contributed by atoms with E-state index in [1.165, 1.54) is 6.42 Å². The normalized spacial score (nSPS) is 26.2. The summed E-state index contributed by atoms with van der Waals surface area (Å²) in [7, 11) is 0. The number of nitrogens with one attached hydrogen (secondary N) is 2. The minimum absolute atomic E-state index is 0.0255. The van der Waals surface area contributed by atoms with Crippen LogP contribution < -0.4 is 10.9 Å². The molecule has 1 aliphatic carbocycles. The molecule has 0 unspecified atom stereocenters. The van der Waals surface area contributed by atoms with Crippen molar-refractivity contribution < 1.29 is 23.9 Å². The maximum atomic E-state index is 12.5. The van der Waals surface area contributed by atoms with Gasteiger partial charge in [0.2, 0.25) is 5.91 Å². The van der Waals surface area contributed by atoms with Crippen molar-refractivity contribution in [3.05, 3.63) is 35.9 Å². The van der Waals surface area contributed by atoms with Crippen LogP contribution in [0.5, 0.6) is 0 Å². The third-order valence-electron chi connectivity index (χ3n) is 6.25. The summed E-state index contributed by atoms with van der Waals surface area (Å²) in [4.78, 5) is 50.4. The Kier molecular flexibility index (Phi) is 7.07. The molecule has 2 fully saturated rings. The lowest BCUT2D eigenvalue weighted by molar-refractivity contribution is -0.152. The van der Waals surface area contributed by atoms with E-state index >= 15 is 0 Å². The molecule has 1 heterocycles. The van der Waals surface area contributed by atoms with Crippen molar-refractivity contribution in [3.8, 4) is 0 Å². The van der Waals surface area contributed by atoms with Gasteiger partial charge < -0.3 is 9.64 Å². The predicted molar refractivity (Wildman–Crippen MR) is 109 cm³/mol. The van der Waals surface area contributed by atoms with Gasteiger partial charge in [-0.25, -0.2) is 0 Å². The predicted octanol–water partition coefficient (Wildman–Crippen LogP) is 1.66. The second-order valence-corrected chi connectivity index (χ2v) is 8.26. The number of ether oxygens (including phenoxy) is 1. The van der Waals surface area contributed by atoms with E-state index in [0.717, 1.165) is 12.8 Å². The third kappa shape index (κ3) is 5.17. The standard InChI is InChI=1S/C22H29N3O5/c1-14-7-6-10-18(15(14)2)25-12-17(11-20(25)27)22(29)30-13-19(26)23-24-21(28)16-8-4-3-5-9-16/h3-5,8-9,14-15,17-18H,6-7,10-13H2,1-2H3,(H,23,26)(H,24,28)/t14-,15-,17-,18-/m1/s1. The highest BCUT2D eigenvalue weighted by atomic mass is 16.5. The first-order valence-electron chi connectivity index (χ1n) is 10.5. The van der Waals surface area contributed by atoms with Crippen molar-refractivity contribution in [1.82, 2.24) is 15.8 Å². The highest BCUT2D eigenvalue weighted by Crippen LogP contribution is 2.35. The van der Waals surface area contributed by atoms with Gasteiger partial charge in [0.15, 0.2) is 6.61 Å². The van der Waals surface area contributed by atoms with Crippen molar-refractivity contribution >= 4 is 23.7 Å². The molecule has 1 saturated carbocycles. The van der Waals surface area contributed by atoms with E-state index in [1.54, 1.807) is 30.3 Å². The summed E-state index contributed by atoms with van der Waals surface area (Å²) < 4.78 is 5.08. The van der Waals surface area contributed by atoms with Crippen molar-refractivity contribution in [2.75, 3.05) is 13.2 Å². The number of esters is 1. The van der Waals surface area contributed by atoms with E-state index in [4.69, 9.17) is 4.74 Å². The molecular weight excluding hydrogens is 386 g/mol. The van der Waals surface area contributed by atoms with Gasteiger partial charge >= 0.3 is 5.97 Å². The number of hydrazine groups is 1. The summed E-state index contributed by atoms with van der Waals surface area (Å²) in [5.41, 5.74) is 4.87. The highest BCUT2D eigenvalue weighted by molar-refractivity contribution is 5.95. The maximum absolute atomic E-state index is 12.5. The van der Waals surface area contributed by atoms with Gasteiger partial charge in [-0.1, -0.05) is 44.9 Å². The minimum atomic E-state index is -0.650. The summed E-state index contributed by atoms with van der Waals surface area (Å²) in [6, 6.07) is 8.57. The summed E-state index contributed by atoms with van der Waals surface area (Å²) >= 11 is 0. The fourth-order valence-electron chi connectivity index (χ4n) is 4.28. The molecule has 1 aromatic rings. The molecule has 2 N–H and O–H groups in total. The van der Waals surface area contributed by atoms with E-state index in [-0.39, 0.29) is 18.4 Å². The number of likely N-dealkylation sites (tertiary alicyclic amines) is 1. The van der Waals surface area contributed by atoms with Crippen LogP contribution in [0.3, 0.4) is 0 Å². The monoisotopic (exact) mass is 415 g/mol. The van der Waals surface area contributed by atoms with Crippen LogP contribution in [0, 0.1) is 17.8 Å². The molecule has 3 rings (SSSR count). The molecule has 30 heavy (non-hydrogen) atoms. The molecule has 8 nitrogen and oxygen atoms in total. The van der Waals surface area contributed by atoms with Crippen molar-refractivity contribution in [2.24, 2.45) is 17.8 Å². The van der Waals surface area contributed by atoms with E-state index in [9.17, 15) is 19.2 Å². The second kappa shape index (κ2) is 9.73. The molecule has 0 radical (unpaired) electrons. The second-order valence-electron chi connectivity index (χ2n) is 8.26. The van der Waals surface area contributed by atoms with Crippen LogP contribution in [0.15, 0.2) is 30.3 Å². The van der Waals surface area contributed by atoms with E-state index in [2.05, 4.69) is 24.7 Å². The molecule has 2 aliphatic rings. The summed E-state index contributed by atoms with van der Waals surface area (Å²) in [5, 5.41) is 0. The van der Waals surface area contributed by atoms with Crippen LogP contribution in [0.2, 0.25) is 0 Å². The van der Waals surface area contributed by atoms with Crippen molar-refractivity contribution in [1.29, 1.82) is 0 Å². The number of hydrogen-bond donors (Lipinski definition) is 2. The number of rotatable bonds is 5. The van der Waals surface area contributed by atoms with Gasteiger partial charge in [0.1, 0.15) is 0 Å². The molecule has 3 amide bonds. The molecule has 4 atom stereocenters. The molecule has 162 valence electrons. The third-order valence-corrected chi connectivity index (χ3v) is 6.25. The number of carbonyl (C=O) groups is 4. The number of hydrogen-bond acceptors (Lipinski definition) is 5. The molecule has 1 saturated heterocycles. The molecular formula is C22H29N3O5. The smallest absolute Gasteiger partial charge is 0.311 e. The molecule has 1 aliphatic heterocycles. The van der Waals surface area contributed by atoms with Gasteiger partial charge in [-0.15, -0.1) is 0 Å². The highest BCUT2D eigenvalue weighted by Gasteiger charge is 2.42. The quantitative estimate of drug-likeness (QED) is 0.562. The van der Waals surface area contributed by atoms with Crippen molar-refractivity contribution in [3.63, 3.8) is 0 Å². The van der Waals surface area contributed by atoms with Gasteiger partial charge in [-0.05, 0) is 30.4 Å².